The average molecular weight is 331 g/mol. The van der Waals surface area contributed by atoms with Gasteiger partial charge in [0.1, 0.15) is 5.78 Å². The number of Topliss-reactive ketones (excluding diaryl/α,β-unsaturated/α-hetero) is 2. The fourth-order valence-electron chi connectivity index (χ4n) is 2.98. The Hall–Kier alpha value is -1.44. The molecule has 0 spiro atoms. The van der Waals surface area contributed by atoms with Crippen LogP contribution >= 0.6 is 0 Å². The quantitative estimate of drug-likeness (QED) is 0.208. The Bertz CT molecular complexity index is 450. The summed E-state index contributed by atoms with van der Waals surface area (Å²) in [6.07, 6.45) is 14.7. The summed E-state index contributed by atoms with van der Waals surface area (Å²) >= 11 is 0. The molecule has 0 bridgehead atoms. The van der Waals surface area contributed by atoms with Gasteiger partial charge in [0.25, 0.3) is 0 Å². The molecule has 0 N–H and O–H groups in total. The van der Waals surface area contributed by atoms with E-state index < -0.39 is 0 Å². The Labute approximate surface area is 148 Å². The van der Waals surface area contributed by atoms with Gasteiger partial charge in [-0.05, 0) is 6.42 Å². The van der Waals surface area contributed by atoms with E-state index in [2.05, 4.69) is 6.92 Å². The highest BCUT2D eigenvalue weighted by Gasteiger charge is 2.10. The summed E-state index contributed by atoms with van der Waals surface area (Å²) in [7, 11) is 0. The maximum Gasteiger partial charge on any atom is 0.170 e. The minimum atomic E-state index is -0.0522. The average Bonchev–Trinajstić information content (AvgIpc) is 2.60. The molecule has 24 heavy (non-hydrogen) atoms. The molecule has 0 fully saturated rings. The monoisotopic (exact) mass is 330 g/mol. The Morgan fingerprint density at radius 1 is 0.708 bits per heavy atom. The first-order valence-electron chi connectivity index (χ1n) is 9.84. The topological polar surface area (TPSA) is 34.1 Å². The van der Waals surface area contributed by atoms with Crippen LogP contribution in [0.25, 0.3) is 0 Å². The number of carbonyl (C=O) groups excluding carboxylic acids is 2. The van der Waals surface area contributed by atoms with Crippen molar-refractivity contribution in [2.75, 3.05) is 0 Å². The van der Waals surface area contributed by atoms with Crippen LogP contribution in [0.3, 0.4) is 0 Å². The van der Waals surface area contributed by atoms with Crippen LogP contribution in [0.4, 0.5) is 0 Å². The molecular weight excluding hydrogens is 296 g/mol. The Balaban J connectivity index is 1.94. The predicted octanol–water partition coefficient (Wildman–Crippen LogP) is 6.53. The fraction of sp³-hybridized carbons (Fsp3) is 0.636. The summed E-state index contributed by atoms with van der Waals surface area (Å²) < 4.78 is 0. The molecule has 0 aliphatic rings. The molecule has 0 saturated carbocycles. The van der Waals surface area contributed by atoms with Crippen molar-refractivity contribution in [1.82, 2.24) is 0 Å². The minimum Gasteiger partial charge on any atom is -0.299 e. The summed E-state index contributed by atoms with van der Waals surface area (Å²) in [5.41, 5.74) is 0.643. The van der Waals surface area contributed by atoms with Crippen molar-refractivity contribution in [3.05, 3.63) is 35.9 Å². The number of rotatable bonds is 15. The zero-order valence-electron chi connectivity index (χ0n) is 15.4. The summed E-state index contributed by atoms with van der Waals surface area (Å²) in [5, 5.41) is 0. The van der Waals surface area contributed by atoms with Crippen molar-refractivity contribution in [3.8, 4) is 0 Å². The fourth-order valence-corrected chi connectivity index (χ4v) is 2.98. The molecule has 0 unspecified atom stereocenters. The van der Waals surface area contributed by atoms with E-state index in [4.69, 9.17) is 0 Å². The highest BCUT2D eigenvalue weighted by Crippen LogP contribution is 2.13. The molecular formula is C22H34O2. The van der Waals surface area contributed by atoms with Crippen LogP contribution in [0.5, 0.6) is 0 Å². The minimum absolute atomic E-state index is 0.0522. The molecule has 0 atom stereocenters. The van der Waals surface area contributed by atoms with Gasteiger partial charge in [-0.1, -0.05) is 101 Å². The number of unbranched alkanes of at least 4 members (excludes halogenated alkanes) is 10. The third-order valence-corrected chi connectivity index (χ3v) is 4.51. The largest absolute Gasteiger partial charge is 0.299 e. The standard InChI is InChI=1S/C22H34O2/c1-2-3-4-5-6-7-8-9-10-11-15-18-21(23)19-22(24)20-16-13-12-14-17-20/h12-14,16-17H,2-11,15,18-19H2,1H3. The summed E-state index contributed by atoms with van der Waals surface area (Å²) in [5.74, 6) is 0.0310. The van der Waals surface area contributed by atoms with Crippen LogP contribution in [0, 0.1) is 0 Å². The summed E-state index contributed by atoms with van der Waals surface area (Å²) in [6, 6.07) is 9.10. The second-order valence-corrected chi connectivity index (χ2v) is 6.79. The van der Waals surface area contributed by atoms with E-state index in [9.17, 15) is 9.59 Å². The first-order chi connectivity index (χ1) is 11.7. The first-order valence-corrected chi connectivity index (χ1v) is 9.84. The van der Waals surface area contributed by atoms with E-state index in [1.807, 2.05) is 18.2 Å². The molecule has 1 aromatic carbocycles. The van der Waals surface area contributed by atoms with Crippen molar-refractivity contribution in [2.45, 2.75) is 90.4 Å². The third-order valence-electron chi connectivity index (χ3n) is 4.51. The molecule has 0 amide bonds. The van der Waals surface area contributed by atoms with Crippen LogP contribution in [0.15, 0.2) is 30.3 Å². The predicted molar refractivity (Wildman–Crippen MR) is 101 cm³/mol. The van der Waals surface area contributed by atoms with Gasteiger partial charge in [0.2, 0.25) is 0 Å². The van der Waals surface area contributed by atoms with Gasteiger partial charge in [-0.15, -0.1) is 0 Å². The highest BCUT2D eigenvalue weighted by atomic mass is 16.1. The van der Waals surface area contributed by atoms with Crippen LogP contribution in [-0.2, 0) is 4.79 Å². The maximum absolute atomic E-state index is 11.9. The van der Waals surface area contributed by atoms with Gasteiger partial charge < -0.3 is 0 Å². The number of benzene rings is 1. The molecule has 2 heteroatoms. The molecule has 134 valence electrons. The molecule has 1 aromatic rings. The van der Waals surface area contributed by atoms with Crippen molar-refractivity contribution in [1.29, 1.82) is 0 Å². The van der Waals surface area contributed by atoms with Gasteiger partial charge in [-0.3, -0.25) is 9.59 Å². The summed E-state index contributed by atoms with van der Waals surface area (Å²) in [4.78, 5) is 23.8. The Morgan fingerprint density at radius 2 is 1.21 bits per heavy atom. The van der Waals surface area contributed by atoms with Crippen molar-refractivity contribution in [3.63, 3.8) is 0 Å². The third kappa shape index (κ3) is 10.4. The second kappa shape index (κ2) is 13.9. The number of hydrogen-bond acceptors (Lipinski definition) is 2. The smallest absolute Gasteiger partial charge is 0.170 e. The molecule has 0 radical (unpaired) electrons. The normalized spacial score (nSPS) is 10.7. The van der Waals surface area contributed by atoms with E-state index in [0.29, 0.717) is 12.0 Å². The van der Waals surface area contributed by atoms with Gasteiger partial charge in [0.15, 0.2) is 5.78 Å². The zero-order valence-corrected chi connectivity index (χ0v) is 15.4. The molecule has 0 aliphatic carbocycles. The molecule has 1 rings (SSSR count). The molecule has 0 saturated heterocycles. The van der Waals surface area contributed by atoms with E-state index >= 15 is 0 Å². The highest BCUT2D eigenvalue weighted by molar-refractivity contribution is 6.07. The van der Waals surface area contributed by atoms with Crippen molar-refractivity contribution in [2.24, 2.45) is 0 Å². The van der Waals surface area contributed by atoms with Gasteiger partial charge in [0.05, 0.1) is 6.42 Å². The molecule has 0 aliphatic heterocycles. The van der Waals surface area contributed by atoms with Crippen LogP contribution in [-0.4, -0.2) is 11.6 Å². The maximum atomic E-state index is 11.9. The van der Waals surface area contributed by atoms with Gasteiger partial charge in [-0.25, -0.2) is 0 Å². The van der Waals surface area contributed by atoms with Crippen molar-refractivity contribution >= 4 is 11.6 Å². The van der Waals surface area contributed by atoms with Crippen molar-refractivity contribution < 1.29 is 9.59 Å². The first kappa shape index (κ1) is 20.6. The lowest BCUT2D eigenvalue weighted by molar-refractivity contribution is -0.118. The van der Waals surface area contributed by atoms with E-state index in [0.717, 1.165) is 12.8 Å². The number of carbonyl (C=O) groups is 2. The van der Waals surface area contributed by atoms with Crippen LogP contribution < -0.4 is 0 Å². The van der Waals surface area contributed by atoms with E-state index in [1.54, 1.807) is 12.1 Å². The van der Waals surface area contributed by atoms with E-state index in [-0.39, 0.29) is 18.0 Å². The SMILES string of the molecule is CCCCCCCCCCCCCC(=O)CC(=O)c1ccccc1. The Morgan fingerprint density at radius 3 is 1.75 bits per heavy atom. The molecule has 2 nitrogen and oxygen atoms in total. The Kier molecular flexibility index (Phi) is 12.0. The van der Waals surface area contributed by atoms with E-state index in [1.165, 1.54) is 57.8 Å². The van der Waals surface area contributed by atoms with Gasteiger partial charge in [0, 0.05) is 12.0 Å². The second-order valence-electron chi connectivity index (χ2n) is 6.79. The summed E-state index contributed by atoms with van der Waals surface area (Å²) in [6.45, 7) is 2.25. The van der Waals surface area contributed by atoms with Crippen LogP contribution in [0.1, 0.15) is 101 Å². The lowest BCUT2D eigenvalue weighted by Crippen LogP contribution is -2.07. The molecule has 0 aromatic heterocycles. The molecule has 0 heterocycles. The number of hydrogen-bond donors (Lipinski definition) is 0. The van der Waals surface area contributed by atoms with Gasteiger partial charge in [-0.2, -0.15) is 0 Å². The number of ketones is 2. The lowest BCUT2D eigenvalue weighted by atomic mass is 10.0. The van der Waals surface area contributed by atoms with Gasteiger partial charge >= 0.3 is 0 Å². The van der Waals surface area contributed by atoms with Crippen LogP contribution in [0.2, 0.25) is 0 Å². The zero-order chi connectivity index (χ0) is 17.5. The lowest BCUT2D eigenvalue weighted by Gasteiger charge is -2.03.